The molecule has 1 aromatic rings. The van der Waals surface area contributed by atoms with Crippen molar-refractivity contribution < 1.29 is 14.4 Å². The monoisotopic (exact) mass is 416 g/mol. The molecule has 2 aliphatic rings. The molecule has 0 unspecified atom stereocenters. The highest BCUT2D eigenvalue weighted by Crippen LogP contribution is 2.36. The molecule has 0 saturated heterocycles. The topological polar surface area (TPSA) is 81.8 Å². The maximum absolute atomic E-state index is 13.2. The minimum absolute atomic E-state index is 0.0536. The summed E-state index contributed by atoms with van der Waals surface area (Å²) in [6, 6.07) is 6.11. The van der Waals surface area contributed by atoms with E-state index in [9.17, 15) is 14.4 Å². The van der Waals surface area contributed by atoms with Gasteiger partial charge in [0.1, 0.15) is 6.54 Å². The Bertz CT molecular complexity index is 863. The number of carbonyl (C=O) groups is 3. The van der Waals surface area contributed by atoms with Crippen molar-refractivity contribution in [3.63, 3.8) is 0 Å². The van der Waals surface area contributed by atoms with Gasteiger partial charge in [-0.15, -0.1) is 6.58 Å². The number of halogens is 1. The fraction of sp³-hybridized carbons (Fsp3) is 0.381. The van der Waals surface area contributed by atoms with Gasteiger partial charge in [0, 0.05) is 18.1 Å². The summed E-state index contributed by atoms with van der Waals surface area (Å²) in [5, 5.41) is 6.29. The lowest BCUT2D eigenvalue weighted by molar-refractivity contribution is -0.132. The number of benzene rings is 1. The van der Waals surface area contributed by atoms with Gasteiger partial charge in [-0.1, -0.05) is 43.7 Å². The van der Waals surface area contributed by atoms with Gasteiger partial charge < -0.3 is 15.5 Å². The quantitative estimate of drug-likeness (QED) is 0.670. The maximum Gasteiger partial charge on any atom is 0.322 e. The van der Waals surface area contributed by atoms with E-state index in [0.717, 1.165) is 5.56 Å². The first-order chi connectivity index (χ1) is 13.8. The van der Waals surface area contributed by atoms with Crippen LogP contribution >= 0.6 is 11.6 Å². The zero-order valence-electron chi connectivity index (χ0n) is 16.6. The van der Waals surface area contributed by atoms with Crippen molar-refractivity contribution in [1.82, 2.24) is 20.4 Å². The van der Waals surface area contributed by atoms with Crippen molar-refractivity contribution >= 4 is 29.4 Å². The van der Waals surface area contributed by atoms with E-state index in [0.29, 0.717) is 28.8 Å². The van der Waals surface area contributed by atoms with Crippen LogP contribution in [0.2, 0.25) is 5.02 Å². The summed E-state index contributed by atoms with van der Waals surface area (Å²) in [6.07, 6.45) is 1.61. The molecule has 0 aromatic heterocycles. The second kappa shape index (κ2) is 8.69. The van der Waals surface area contributed by atoms with Gasteiger partial charge in [0.15, 0.2) is 0 Å². The van der Waals surface area contributed by atoms with Crippen LogP contribution in [0.25, 0.3) is 0 Å². The molecule has 3 rings (SSSR count). The fourth-order valence-electron chi connectivity index (χ4n) is 3.45. The average molecular weight is 417 g/mol. The Kier molecular flexibility index (Phi) is 6.27. The predicted octanol–water partition coefficient (Wildman–Crippen LogP) is 2.46. The summed E-state index contributed by atoms with van der Waals surface area (Å²) >= 11 is 5.98. The Morgan fingerprint density at radius 3 is 2.66 bits per heavy atom. The lowest BCUT2D eigenvalue weighted by Gasteiger charge is -2.33. The molecule has 2 aliphatic heterocycles. The molecule has 0 saturated carbocycles. The zero-order valence-corrected chi connectivity index (χ0v) is 17.3. The van der Waals surface area contributed by atoms with Gasteiger partial charge in [-0.25, -0.2) is 4.79 Å². The summed E-state index contributed by atoms with van der Waals surface area (Å²) < 4.78 is 0. The first-order valence-corrected chi connectivity index (χ1v) is 9.93. The van der Waals surface area contributed by atoms with Gasteiger partial charge in [-0.2, -0.15) is 0 Å². The third-order valence-corrected chi connectivity index (χ3v) is 5.11. The minimum atomic E-state index is -0.591. The van der Waals surface area contributed by atoms with Crippen LogP contribution in [-0.2, 0) is 9.59 Å². The van der Waals surface area contributed by atoms with Gasteiger partial charge in [0.25, 0.3) is 5.91 Å². The van der Waals surface area contributed by atoms with E-state index in [4.69, 9.17) is 11.6 Å². The molecule has 0 radical (unpaired) electrons. The molecule has 2 N–H and O–H groups in total. The molecule has 7 nitrogen and oxygen atoms in total. The van der Waals surface area contributed by atoms with Crippen molar-refractivity contribution in [1.29, 1.82) is 0 Å². The molecule has 4 amide bonds. The lowest BCUT2D eigenvalue weighted by atomic mass is 9.95. The van der Waals surface area contributed by atoms with Gasteiger partial charge in [0.05, 0.1) is 23.9 Å². The van der Waals surface area contributed by atoms with Crippen molar-refractivity contribution in [3.8, 4) is 0 Å². The first-order valence-electron chi connectivity index (χ1n) is 9.55. The predicted molar refractivity (Wildman–Crippen MR) is 111 cm³/mol. The number of nitrogens with one attached hydrogen (secondary N) is 2. The van der Waals surface area contributed by atoms with E-state index in [1.54, 1.807) is 30.3 Å². The first kappa shape index (κ1) is 20.9. The van der Waals surface area contributed by atoms with E-state index in [-0.39, 0.29) is 37.5 Å². The van der Waals surface area contributed by atoms with Crippen LogP contribution in [0.3, 0.4) is 0 Å². The van der Waals surface area contributed by atoms with E-state index >= 15 is 0 Å². The number of hydrogen-bond donors (Lipinski definition) is 2. The number of nitrogens with zero attached hydrogens (tertiary/aromatic N) is 2. The van der Waals surface area contributed by atoms with Crippen molar-refractivity contribution in [3.05, 3.63) is 58.8 Å². The lowest BCUT2D eigenvalue weighted by Crippen LogP contribution is -2.47. The second-order valence-electron chi connectivity index (χ2n) is 7.55. The summed E-state index contributed by atoms with van der Waals surface area (Å²) in [5.74, 6) is -0.156. The molecule has 1 atom stereocenters. The van der Waals surface area contributed by atoms with E-state index in [2.05, 4.69) is 17.2 Å². The van der Waals surface area contributed by atoms with Gasteiger partial charge >= 0.3 is 6.03 Å². The Balaban J connectivity index is 1.88. The molecule has 154 valence electrons. The Hall–Kier alpha value is -2.80. The summed E-state index contributed by atoms with van der Waals surface area (Å²) in [6.45, 7) is 8.67. The van der Waals surface area contributed by atoms with Gasteiger partial charge in [0.2, 0.25) is 5.91 Å². The highest BCUT2D eigenvalue weighted by Gasteiger charge is 2.44. The zero-order chi connectivity index (χ0) is 21.1. The summed E-state index contributed by atoms with van der Waals surface area (Å²) in [4.78, 5) is 41.1. The fourth-order valence-corrected chi connectivity index (χ4v) is 3.58. The molecule has 0 bridgehead atoms. The molecule has 0 aliphatic carbocycles. The molecule has 29 heavy (non-hydrogen) atoms. The van der Waals surface area contributed by atoms with E-state index in [1.807, 2.05) is 13.8 Å². The average Bonchev–Trinajstić information content (AvgIpc) is 2.99. The van der Waals surface area contributed by atoms with Crippen molar-refractivity contribution in [2.75, 3.05) is 26.2 Å². The maximum atomic E-state index is 13.2. The molecular weight excluding hydrogens is 392 g/mol. The molecule has 2 heterocycles. The third-order valence-electron chi connectivity index (χ3n) is 4.85. The highest BCUT2D eigenvalue weighted by molar-refractivity contribution is 6.30. The van der Waals surface area contributed by atoms with Crippen molar-refractivity contribution in [2.45, 2.75) is 19.9 Å². The van der Waals surface area contributed by atoms with Crippen LogP contribution in [0.4, 0.5) is 4.79 Å². The second-order valence-corrected chi connectivity index (χ2v) is 7.99. The van der Waals surface area contributed by atoms with Gasteiger partial charge in [-0.3, -0.25) is 14.5 Å². The SMILES string of the molecule is C=CCN1C(=O)N[C@@H](c2ccc(Cl)cc2)C2=C1CN(CC(=O)NCC(C)C)C2=O. The molecule has 8 heteroatoms. The molecular formula is C21H25ClN4O3. The molecule has 0 spiro atoms. The molecule has 1 aromatic carbocycles. The Morgan fingerprint density at radius 2 is 2.03 bits per heavy atom. The van der Waals surface area contributed by atoms with Gasteiger partial charge in [-0.05, 0) is 23.6 Å². The largest absolute Gasteiger partial charge is 0.354 e. The third kappa shape index (κ3) is 4.45. The van der Waals surface area contributed by atoms with Crippen molar-refractivity contribution in [2.24, 2.45) is 5.92 Å². The highest BCUT2D eigenvalue weighted by atomic mass is 35.5. The number of hydrogen-bond acceptors (Lipinski definition) is 3. The smallest absolute Gasteiger partial charge is 0.322 e. The van der Waals surface area contributed by atoms with Crippen LogP contribution in [-0.4, -0.2) is 53.8 Å². The van der Waals surface area contributed by atoms with Crippen LogP contribution in [0.15, 0.2) is 48.2 Å². The number of carbonyl (C=O) groups excluding carboxylic acids is 3. The van der Waals surface area contributed by atoms with Crippen LogP contribution in [0.5, 0.6) is 0 Å². The standard InChI is InChI=1S/C21H25ClN4O3/c1-4-9-26-16-11-25(12-17(27)23-10-13(2)3)20(28)18(16)19(24-21(26)29)14-5-7-15(22)8-6-14/h4-8,13,19H,1,9-12H2,2-3H3,(H,23,27)(H,24,29)/t19-/m0/s1. The Labute approximate surface area is 175 Å². The number of urea groups is 1. The number of amides is 4. The molecule has 0 fully saturated rings. The van der Waals surface area contributed by atoms with Crippen LogP contribution < -0.4 is 10.6 Å². The summed E-state index contributed by atoms with van der Waals surface area (Å²) in [7, 11) is 0. The Morgan fingerprint density at radius 1 is 1.34 bits per heavy atom. The normalized spacial score (nSPS) is 18.8. The number of rotatable bonds is 7. The van der Waals surface area contributed by atoms with Crippen LogP contribution in [0.1, 0.15) is 25.5 Å². The van der Waals surface area contributed by atoms with Crippen LogP contribution in [0, 0.1) is 5.92 Å². The minimum Gasteiger partial charge on any atom is -0.354 e. The van der Waals surface area contributed by atoms with E-state index < -0.39 is 6.04 Å². The van der Waals surface area contributed by atoms with E-state index in [1.165, 1.54) is 9.80 Å². The summed E-state index contributed by atoms with van der Waals surface area (Å²) in [5.41, 5.74) is 1.84.